The molecular weight excluding hydrogens is 296 g/mol. The molecule has 0 unspecified atom stereocenters. The number of rotatable bonds is 3. The van der Waals surface area contributed by atoms with Crippen LogP contribution in [0.3, 0.4) is 0 Å². The summed E-state index contributed by atoms with van der Waals surface area (Å²) < 4.78 is 24.8. The van der Waals surface area contributed by atoms with Gasteiger partial charge in [0.1, 0.15) is 0 Å². The van der Waals surface area contributed by atoms with Crippen LogP contribution >= 0.6 is 0 Å². The van der Waals surface area contributed by atoms with Crippen molar-refractivity contribution in [3.05, 3.63) is 72.4 Å². The summed E-state index contributed by atoms with van der Waals surface area (Å²) >= 11 is 0. The van der Waals surface area contributed by atoms with Crippen LogP contribution in [0.25, 0.3) is 16.9 Å². The van der Waals surface area contributed by atoms with E-state index in [1.807, 2.05) is 43.3 Å². The first-order valence-corrected chi connectivity index (χ1v) is 8.38. The predicted octanol–water partition coefficient (Wildman–Crippen LogP) is 3.10. The number of aryl methyl sites for hydroxylation is 1. The van der Waals surface area contributed by atoms with Gasteiger partial charge < -0.3 is 4.57 Å². The summed E-state index contributed by atoms with van der Waals surface area (Å²) in [7, 11) is -3.67. The molecule has 22 heavy (non-hydrogen) atoms. The highest BCUT2D eigenvalue weighted by atomic mass is 32.2. The van der Waals surface area contributed by atoms with Crippen molar-refractivity contribution >= 4 is 10.0 Å². The highest BCUT2D eigenvalue weighted by molar-refractivity contribution is 7.89. The summed E-state index contributed by atoms with van der Waals surface area (Å²) in [6.45, 7) is 2.01. The van der Waals surface area contributed by atoms with Gasteiger partial charge in [0.25, 0.3) is 0 Å². The van der Waals surface area contributed by atoms with E-state index in [-0.39, 0.29) is 4.90 Å². The zero-order chi connectivity index (χ0) is 15.7. The molecule has 5 heteroatoms. The molecule has 2 N–H and O–H groups in total. The van der Waals surface area contributed by atoms with Gasteiger partial charge in [-0.2, -0.15) is 0 Å². The first-order valence-electron chi connectivity index (χ1n) is 6.84. The van der Waals surface area contributed by atoms with Gasteiger partial charge in [0.2, 0.25) is 10.0 Å². The average molecular weight is 312 g/mol. The minimum Gasteiger partial charge on any atom is -0.314 e. The Labute approximate surface area is 129 Å². The molecule has 0 fully saturated rings. The third-order valence-corrected chi connectivity index (χ3v) is 4.50. The topological polar surface area (TPSA) is 65.1 Å². The Bertz CT molecular complexity index is 896. The molecule has 3 aromatic rings. The van der Waals surface area contributed by atoms with E-state index < -0.39 is 10.0 Å². The summed E-state index contributed by atoms with van der Waals surface area (Å²) in [6, 6.07) is 20.7. The van der Waals surface area contributed by atoms with Crippen LogP contribution in [-0.2, 0) is 10.0 Å². The van der Waals surface area contributed by atoms with E-state index in [1.165, 1.54) is 12.1 Å². The number of sulfonamides is 1. The van der Waals surface area contributed by atoms with Crippen molar-refractivity contribution in [2.75, 3.05) is 0 Å². The number of aromatic nitrogens is 1. The van der Waals surface area contributed by atoms with E-state index in [0.717, 1.165) is 22.6 Å². The second kappa shape index (κ2) is 5.44. The fourth-order valence-corrected chi connectivity index (χ4v) is 3.02. The van der Waals surface area contributed by atoms with Crippen molar-refractivity contribution in [1.82, 2.24) is 4.57 Å². The van der Waals surface area contributed by atoms with Crippen LogP contribution in [0.4, 0.5) is 0 Å². The quantitative estimate of drug-likeness (QED) is 0.807. The number of nitrogens with two attached hydrogens (primary N) is 1. The zero-order valence-corrected chi connectivity index (χ0v) is 12.9. The maximum absolute atomic E-state index is 11.4. The van der Waals surface area contributed by atoms with Crippen molar-refractivity contribution < 1.29 is 8.42 Å². The fraction of sp³-hybridized carbons (Fsp3) is 0.0588. The molecule has 0 aliphatic heterocycles. The SMILES string of the molecule is Cc1ccc(-c2ccccc2)n1-c1ccc(S(N)(=O)=O)cc1. The van der Waals surface area contributed by atoms with E-state index in [9.17, 15) is 8.42 Å². The molecule has 0 bridgehead atoms. The maximum Gasteiger partial charge on any atom is 0.238 e. The van der Waals surface area contributed by atoms with Gasteiger partial charge in [0.05, 0.1) is 10.6 Å². The van der Waals surface area contributed by atoms with Crippen LogP contribution in [0.1, 0.15) is 5.69 Å². The highest BCUT2D eigenvalue weighted by Crippen LogP contribution is 2.26. The van der Waals surface area contributed by atoms with Crippen molar-refractivity contribution in [2.24, 2.45) is 5.14 Å². The number of benzene rings is 2. The fourth-order valence-electron chi connectivity index (χ4n) is 2.50. The van der Waals surface area contributed by atoms with E-state index in [2.05, 4.69) is 10.6 Å². The number of nitrogens with zero attached hydrogens (tertiary/aromatic N) is 1. The molecule has 1 heterocycles. The van der Waals surface area contributed by atoms with Gasteiger partial charge in [-0.15, -0.1) is 0 Å². The molecule has 3 rings (SSSR count). The number of primary sulfonamides is 1. The summed E-state index contributed by atoms with van der Waals surface area (Å²) in [5.74, 6) is 0. The van der Waals surface area contributed by atoms with Crippen molar-refractivity contribution in [2.45, 2.75) is 11.8 Å². The first-order chi connectivity index (χ1) is 10.5. The van der Waals surface area contributed by atoms with Crippen molar-refractivity contribution in [1.29, 1.82) is 0 Å². The van der Waals surface area contributed by atoms with E-state index in [1.54, 1.807) is 12.1 Å². The van der Waals surface area contributed by atoms with Gasteiger partial charge in [0, 0.05) is 11.4 Å². The van der Waals surface area contributed by atoms with Crippen LogP contribution in [0.2, 0.25) is 0 Å². The second-order valence-electron chi connectivity index (χ2n) is 5.10. The molecule has 1 aromatic heterocycles. The maximum atomic E-state index is 11.4. The van der Waals surface area contributed by atoms with Crippen LogP contribution in [-0.4, -0.2) is 13.0 Å². The van der Waals surface area contributed by atoms with Gasteiger partial charge in [-0.3, -0.25) is 0 Å². The Morgan fingerprint density at radius 1 is 0.864 bits per heavy atom. The van der Waals surface area contributed by atoms with Crippen molar-refractivity contribution in [3.8, 4) is 16.9 Å². The van der Waals surface area contributed by atoms with Gasteiger partial charge in [0.15, 0.2) is 0 Å². The molecule has 0 amide bonds. The third-order valence-electron chi connectivity index (χ3n) is 3.57. The lowest BCUT2D eigenvalue weighted by Crippen LogP contribution is -2.12. The predicted molar refractivity (Wildman–Crippen MR) is 87.3 cm³/mol. The lowest BCUT2D eigenvalue weighted by molar-refractivity contribution is 0.598. The normalized spacial score (nSPS) is 11.5. The number of hydrogen-bond donors (Lipinski definition) is 1. The Morgan fingerprint density at radius 2 is 1.50 bits per heavy atom. The van der Waals surface area contributed by atoms with Crippen LogP contribution < -0.4 is 5.14 Å². The van der Waals surface area contributed by atoms with E-state index in [0.29, 0.717) is 0 Å². The summed E-state index contributed by atoms with van der Waals surface area (Å²) in [5.41, 5.74) is 4.13. The number of hydrogen-bond acceptors (Lipinski definition) is 2. The van der Waals surface area contributed by atoms with Gasteiger partial charge in [-0.05, 0) is 48.9 Å². The minimum atomic E-state index is -3.67. The molecule has 0 atom stereocenters. The third kappa shape index (κ3) is 2.68. The van der Waals surface area contributed by atoms with Crippen molar-refractivity contribution in [3.63, 3.8) is 0 Å². The second-order valence-corrected chi connectivity index (χ2v) is 6.66. The van der Waals surface area contributed by atoms with Gasteiger partial charge in [-0.25, -0.2) is 13.6 Å². The Morgan fingerprint density at radius 3 is 2.09 bits per heavy atom. The minimum absolute atomic E-state index is 0.113. The first kappa shape index (κ1) is 14.6. The average Bonchev–Trinajstić information content (AvgIpc) is 2.89. The Hall–Kier alpha value is -2.37. The summed E-state index contributed by atoms with van der Waals surface area (Å²) in [5, 5.41) is 5.14. The molecule has 0 saturated carbocycles. The lowest BCUT2D eigenvalue weighted by Gasteiger charge is -2.12. The molecular formula is C17H16N2O2S. The summed E-state index contributed by atoms with van der Waals surface area (Å²) in [4.78, 5) is 0.113. The van der Waals surface area contributed by atoms with Gasteiger partial charge >= 0.3 is 0 Å². The molecule has 0 radical (unpaired) electrons. The molecule has 2 aromatic carbocycles. The molecule has 0 aliphatic carbocycles. The standard InChI is InChI=1S/C17H16N2O2S/c1-13-7-12-17(14-5-3-2-4-6-14)19(13)15-8-10-16(11-9-15)22(18,20)21/h2-12H,1H3,(H2,18,20,21). The smallest absolute Gasteiger partial charge is 0.238 e. The molecule has 0 aliphatic rings. The Balaban J connectivity index is 2.12. The van der Waals surface area contributed by atoms with Crippen LogP contribution in [0.5, 0.6) is 0 Å². The monoisotopic (exact) mass is 312 g/mol. The van der Waals surface area contributed by atoms with Gasteiger partial charge in [-0.1, -0.05) is 30.3 Å². The largest absolute Gasteiger partial charge is 0.314 e. The molecule has 112 valence electrons. The van der Waals surface area contributed by atoms with Crippen LogP contribution in [0, 0.1) is 6.92 Å². The molecule has 0 saturated heterocycles. The molecule has 0 spiro atoms. The van der Waals surface area contributed by atoms with E-state index in [4.69, 9.17) is 5.14 Å². The highest BCUT2D eigenvalue weighted by Gasteiger charge is 2.11. The molecule has 4 nitrogen and oxygen atoms in total. The van der Waals surface area contributed by atoms with Crippen LogP contribution in [0.15, 0.2) is 71.6 Å². The summed E-state index contributed by atoms with van der Waals surface area (Å²) in [6.07, 6.45) is 0. The zero-order valence-electron chi connectivity index (χ0n) is 12.1. The van der Waals surface area contributed by atoms with E-state index >= 15 is 0 Å². The Kier molecular flexibility index (Phi) is 3.60. The lowest BCUT2D eigenvalue weighted by atomic mass is 10.1.